The molecule has 14 heavy (non-hydrogen) atoms. The van der Waals surface area contributed by atoms with E-state index in [1.807, 2.05) is 25.1 Å². The minimum atomic E-state index is 0.0672. The van der Waals surface area contributed by atoms with Crippen LogP contribution in [0.4, 0.5) is 6.01 Å². The number of rotatable bonds is 3. The van der Waals surface area contributed by atoms with E-state index in [1.165, 1.54) is 0 Å². The summed E-state index contributed by atoms with van der Waals surface area (Å²) < 4.78 is 5.42. The number of hydrogen-bond acceptors (Lipinski definition) is 4. The molecule has 2 N–H and O–H groups in total. The number of para-hydroxylation sites is 1. The van der Waals surface area contributed by atoms with E-state index >= 15 is 0 Å². The first-order chi connectivity index (χ1) is 6.81. The van der Waals surface area contributed by atoms with Crippen LogP contribution in [0.2, 0.25) is 0 Å². The van der Waals surface area contributed by atoms with Crippen LogP contribution in [0.25, 0.3) is 11.1 Å². The van der Waals surface area contributed by atoms with Gasteiger partial charge in [-0.15, -0.1) is 0 Å². The van der Waals surface area contributed by atoms with Gasteiger partial charge in [0, 0.05) is 6.54 Å². The predicted octanol–water partition coefficient (Wildman–Crippen LogP) is 1.54. The number of nitrogens with zero attached hydrogens (tertiary/aromatic N) is 1. The van der Waals surface area contributed by atoms with Crippen molar-refractivity contribution in [2.75, 3.05) is 18.5 Å². The lowest BCUT2D eigenvalue weighted by Gasteiger charge is -1.94. The van der Waals surface area contributed by atoms with Gasteiger partial charge in [0.05, 0.1) is 6.61 Å². The number of nitrogens with one attached hydrogen (secondary N) is 1. The van der Waals surface area contributed by atoms with Gasteiger partial charge in [-0.25, -0.2) is 0 Å². The Hall–Kier alpha value is -1.55. The smallest absolute Gasteiger partial charge is 0.295 e. The number of fused-ring (bicyclic) bond motifs is 1. The summed E-state index contributed by atoms with van der Waals surface area (Å²) in [5.74, 6) is 0. The monoisotopic (exact) mass is 192 g/mol. The highest BCUT2D eigenvalue weighted by Gasteiger charge is 2.05. The Balaban J connectivity index is 2.36. The van der Waals surface area contributed by atoms with Crippen LogP contribution in [0.5, 0.6) is 0 Å². The number of aromatic nitrogens is 1. The van der Waals surface area contributed by atoms with Gasteiger partial charge < -0.3 is 14.8 Å². The van der Waals surface area contributed by atoms with Gasteiger partial charge in [-0.3, -0.25) is 0 Å². The van der Waals surface area contributed by atoms with Crippen molar-refractivity contribution in [3.05, 3.63) is 23.8 Å². The maximum atomic E-state index is 8.63. The molecular weight excluding hydrogens is 180 g/mol. The molecule has 0 unspecified atom stereocenters. The zero-order valence-electron chi connectivity index (χ0n) is 7.95. The fourth-order valence-corrected chi connectivity index (χ4v) is 1.32. The molecule has 0 atom stereocenters. The first-order valence-corrected chi connectivity index (χ1v) is 4.52. The summed E-state index contributed by atoms with van der Waals surface area (Å²) in [4.78, 5) is 4.26. The van der Waals surface area contributed by atoms with E-state index in [9.17, 15) is 0 Å². The summed E-state index contributed by atoms with van der Waals surface area (Å²) in [7, 11) is 0. The number of aliphatic hydroxyl groups is 1. The molecule has 4 heteroatoms. The van der Waals surface area contributed by atoms with Crippen LogP contribution in [0.1, 0.15) is 5.56 Å². The van der Waals surface area contributed by atoms with Crippen LogP contribution in [0, 0.1) is 6.92 Å². The predicted molar refractivity (Wildman–Crippen MR) is 54.3 cm³/mol. The molecule has 4 nitrogen and oxygen atoms in total. The van der Waals surface area contributed by atoms with E-state index in [1.54, 1.807) is 0 Å². The van der Waals surface area contributed by atoms with Crippen molar-refractivity contribution in [1.82, 2.24) is 4.98 Å². The maximum absolute atomic E-state index is 8.63. The molecule has 2 rings (SSSR count). The van der Waals surface area contributed by atoms with Crippen molar-refractivity contribution in [1.29, 1.82) is 0 Å². The highest BCUT2D eigenvalue weighted by atomic mass is 16.4. The third-order valence-electron chi connectivity index (χ3n) is 2.01. The molecule has 1 heterocycles. The van der Waals surface area contributed by atoms with Crippen LogP contribution >= 0.6 is 0 Å². The Kier molecular flexibility index (Phi) is 2.37. The van der Waals surface area contributed by atoms with Gasteiger partial charge in [-0.1, -0.05) is 12.1 Å². The second kappa shape index (κ2) is 3.67. The molecule has 0 saturated heterocycles. The van der Waals surface area contributed by atoms with Crippen molar-refractivity contribution >= 4 is 17.1 Å². The molecule has 0 aliphatic rings. The molecule has 0 fully saturated rings. The molecule has 0 radical (unpaired) electrons. The number of aliphatic hydroxyl groups excluding tert-OH is 1. The molecule has 1 aromatic heterocycles. The van der Waals surface area contributed by atoms with E-state index in [0.717, 1.165) is 16.7 Å². The topological polar surface area (TPSA) is 58.3 Å². The number of anilines is 1. The second-order valence-electron chi connectivity index (χ2n) is 3.09. The Morgan fingerprint density at radius 1 is 1.50 bits per heavy atom. The molecule has 0 bridgehead atoms. The second-order valence-corrected chi connectivity index (χ2v) is 3.09. The van der Waals surface area contributed by atoms with Gasteiger partial charge in [0.2, 0.25) is 0 Å². The van der Waals surface area contributed by atoms with Crippen LogP contribution in [-0.2, 0) is 0 Å². The SMILES string of the molecule is Cc1cccc2oc(NCCO)nc12. The fraction of sp³-hybridized carbons (Fsp3) is 0.300. The molecule has 0 amide bonds. The third-order valence-corrected chi connectivity index (χ3v) is 2.01. The van der Waals surface area contributed by atoms with E-state index < -0.39 is 0 Å². The van der Waals surface area contributed by atoms with Gasteiger partial charge in [-0.05, 0) is 18.6 Å². The summed E-state index contributed by atoms with van der Waals surface area (Å²) in [6, 6.07) is 6.25. The van der Waals surface area contributed by atoms with Gasteiger partial charge in [0.1, 0.15) is 5.52 Å². The van der Waals surface area contributed by atoms with E-state index in [0.29, 0.717) is 12.6 Å². The van der Waals surface area contributed by atoms with Crippen molar-refractivity contribution in [3.8, 4) is 0 Å². The van der Waals surface area contributed by atoms with Crippen molar-refractivity contribution in [2.45, 2.75) is 6.92 Å². The largest absolute Gasteiger partial charge is 0.424 e. The van der Waals surface area contributed by atoms with Gasteiger partial charge in [0.25, 0.3) is 6.01 Å². The molecule has 0 aliphatic carbocycles. The number of hydrogen-bond donors (Lipinski definition) is 2. The minimum Gasteiger partial charge on any atom is -0.424 e. The Labute approximate surface area is 81.6 Å². The zero-order chi connectivity index (χ0) is 9.97. The summed E-state index contributed by atoms with van der Waals surface area (Å²) in [6.07, 6.45) is 0. The average molecular weight is 192 g/mol. The standard InChI is InChI=1S/C10H12N2O2/c1-7-3-2-4-8-9(7)12-10(14-8)11-5-6-13/h2-4,13H,5-6H2,1H3,(H,11,12). The summed E-state index contributed by atoms with van der Waals surface area (Å²) in [5, 5.41) is 11.5. The van der Waals surface area contributed by atoms with Crippen LogP contribution in [-0.4, -0.2) is 23.2 Å². The van der Waals surface area contributed by atoms with E-state index in [4.69, 9.17) is 9.52 Å². The fourth-order valence-electron chi connectivity index (χ4n) is 1.32. The van der Waals surface area contributed by atoms with Crippen molar-refractivity contribution in [2.24, 2.45) is 0 Å². The quantitative estimate of drug-likeness (QED) is 0.774. The lowest BCUT2D eigenvalue weighted by molar-refractivity contribution is 0.310. The molecule has 1 aromatic carbocycles. The first-order valence-electron chi connectivity index (χ1n) is 4.52. The first kappa shape index (κ1) is 9.02. The molecule has 0 aliphatic heterocycles. The Bertz CT molecular complexity index is 437. The lowest BCUT2D eigenvalue weighted by atomic mass is 10.2. The Morgan fingerprint density at radius 2 is 2.36 bits per heavy atom. The van der Waals surface area contributed by atoms with Gasteiger partial charge in [-0.2, -0.15) is 4.98 Å². The van der Waals surface area contributed by atoms with Crippen LogP contribution in [0.3, 0.4) is 0 Å². The average Bonchev–Trinajstić information content (AvgIpc) is 2.59. The summed E-state index contributed by atoms with van der Waals surface area (Å²) in [5.41, 5.74) is 2.72. The zero-order valence-corrected chi connectivity index (χ0v) is 7.95. The molecule has 74 valence electrons. The van der Waals surface area contributed by atoms with Crippen molar-refractivity contribution < 1.29 is 9.52 Å². The molecule has 0 spiro atoms. The van der Waals surface area contributed by atoms with E-state index in [-0.39, 0.29) is 6.61 Å². The molecular formula is C10H12N2O2. The van der Waals surface area contributed by atoms with Crippen LogP contribution < -0.4 is 5.32 Å². The molecule has 2 aromatic rings. The normalized spacial score (nSPS) is 10.7. The maximum Gasteiger partial charge on any atom is 0.295 e. The summed E-state index contributed by atoms with van der Waals surface area (Å²) in [6.45, 7) is 2.50. The Morgan fingerprint density at radius 3 is 3.07 bits per heavy atom. The van der Waals surface area contributed by atoms with Crippen molar-refractivity contribution in [3.63, 3.8) is 0 Å². The number of aryl methyl sites for hydroxylation is 1. The lowest BCUT2D eigenvalue weighted by Crippen LogP contribution is -2.05. The van der Waals surface area contributed by atoms with E-state index in [2.05, 4.69) is 10.3 Å². The number of oxazole rings is 1. The minimum absolute atomic E-state index is 0.0672. The summed E-state index contributed by atoms with van der Waals surface area (Å²) >= 11 is 0. The highest BCUT2D eigenvalue weighted by molar-refractivity contribution is 5.77. The van der Waals surface area contributed by atoms with Gasteiger partial charge in [0.15, 0.2) is 5.58 Å². The van der Waals surface area contributed by atoms with Gasteiger partial charge >= 0.3 is 0 Å². The highest BCUT2D eigenvalue weighted by Crippen LogP contribution is 2.21. The number of benzene rings is 1. The molecule has 0 saturated carbocycles. The van der Waals surface area contributed by atoms with Crippen LogP contribution in [0.15, 0.2) is 22.6 Å². The third kappa shape index (κ3) is 1.56.